The van der Waals surface area contributed by atoms with Crippen LogP contribution in [-0.4, -0.2) is 19.2 Å². The Morgan fingerprint density at radius 1 is 1.24 bits per heavy atom. The molecule has 0 atom stereocenters. The van der Waals surface area contributed by atoms with E-state index in [-0.39, 0.29) is 5.91 Å². The maximum absolute atomic E-state index is 11.8. The lowest BCUT2D eigenvalue weighted by atomic mass is 10.2. The molecule has 2 aromatic rings. The molecule has 0 radical (unpaired) electrons. The third-order valence-electron chi connectivity index (χ3n) is 2.67. The first-order valence-electron chi connectivity index (χ1n) is 6.03. The topological polar surface area (TPSA) is 50.7 Å². The summed E-state index contributed by atoms with van der Waals surface area (Å²) in [7, 11) is 1.50. The van der Waals surface area contributed by atoms with Crippen LogP contribution in [0, 0.1) is 0 Å². The molecule has 108 valence electrons. The number of rotatable bonds is 4. The minimum atomic E-state index is -0.309. The van der Waals surface area contributed by atoms with Gasteiger partial charge in [0.1, 0.15) is 5.75 Å². The number of amides is 1. The van der Waals surface area contributed by atoms with Crippen LogP contribution in [0.3, 0.4) is 0 Å². The number of benzene rings is 2. The van der Waals surface area contributed by atoms with Crippen molar-refractivity contribution >= 4 is 35.3 Å². The molecule has 0 aromatic heterocycles. The zero-order valence-electron chi connectivity index (χ0n) is 11.1. The minimum Gasteiger partial charge on any atom is -0.496 e. The number of methoxy groups -OCH3 is 1. The molecule has 0 aliphatic rings. The van der Waals surface area contributed by atoms with E-state index in [1.807, 2.05) is 6.07 Å². The lowest BCUT2D eigenvalue weighted by Crippen LogP contribution is -2.17. The first-order chi connectivity index (χ1) is 10.1. The molecule has 0 heterocycles. The highest BCUT2D eigenvalue weighted by Crippen LogP contribution is 2.29. The van der Waals surface area contributed by atoms with Crippen molar-refractivity contribution in [1.29, 1.82) is 0 Å². The number of nitrogens with zero attached hydrogens (tertiary/aromatic N) is 1. The Balaban J connectivity index is 2.14. The second-order valence-corrected chi connectivity index (χ2v) is 4.91. The van der Waals surface area contributed by atoms with Gasteiger partial charge >= 0.3 is 0 Å². The monoisotopic (exact) mass is 322 g/mol. The molecule has 6 heteroatoms. The fourth-order valence-corrected chi connectivity index (χ4v) is 2.19. The van der Waals surface area contributed by atoms with Crippen LogP contribution in [0.2, 0.25) is 10.0 Å². The molecule has 0 bridgehead atoms. The molecule has 1 amide bonds. The van der Waals surface area contributed by atoms with Gasteiger partial charge in [0.05, 0.1) is 23.9 Å². The van der Waals surface area contributed by atoms with Crippen LogP contribution in [0.5, 0.6) is 5.75 Å². The van der Waals surface area contributed by atoms with Gasteiger partial charge in [0.2, 0.25) is 0 Å². The highest BCUT2D eigenvalue weighted by molar-refractivity contribution is 6.36. The Bertz CT molecular complexity index is 673. The van der Waals surface area contributed by atoms with Crippen LogP contribution in [0.15, 0.2) is 47.6 Å². The van der Waals surface area contributed by atoms with Crippen LogP contribution in [0.4, 0.5) is 0 Å². The van der Waals surface area contributed by atoms with E-state index in [2.05, 4.69) is 10.5 Å². The van der Waals surface area contributed by atoms with Gasteiger partial charge in [-0.25, -0.2) is 5.43 Å². The van der Waals surface area contributed by atoms with Gasteiger partial charge in [-0.05, 0) is 24.3 Å². The summed E-state index contributed by atoms with van der Waals surface area (Å²) in [5, 5.41) is 4.73. The summed E-state index contributed by atoms with van der Waals surface area (Å²) >= 11 is 12.0. The molecule has 0 unspecified atom stereocenters. The average Bonchev–Trinajstić information content (AvgIpc) is 2.49. The number of ether oxygens (including phenoxy) is 1. The largest absolute Gasteiger partial charge is 0.496 e. The number of nitrogens with one attached hydrogen (secondary N) is 1. The number of hydrogen-bond donors (Lipinski definition) is 1. The Morgan fingerprint density at radius 3 is 2.62 bits per heavy atom. The zero-order valence-corrected chi connectivity index (χ0v) is 12.7. The second-order valence-electron chi connectivity index (χ2n) is 4.07. The number of hydrazone groups is 1. The smallest absolute Gasteiger partial charge is 0.271 e. The first kappa shape index (κ1) is 15.4. The van der Waals surface area contributed by atoms with E-state index < -0.39 is 0 Å². The van der Waals surface area contributed by atoms with Crippen molar-refractivity contribution in [2.24, 2.45) is 5.10 Å². The van der Waals surface area contributed by atoms with Gasteiger partial charge in [-0.3, -0.25) is 4.79 Å². The quantitative estimate of drug-likeness (QED) is 0.688. The standard InChI is InChI=1S/C15H12Cl2N2O2/c1-21-14-8-11(16)7-13(17)12(14)9-18-19-15(20)10-5-3-2-4-6-10/h2-9H,1H3,(H,19,20). The maximum atomic E-state index is 11.8. The lowest BCUT2D eigenvalue weighted by Gasteiger charge is -2.07. The number of halogens is 2. The van der Waals surface area contributed by atoms with Crippen molar-refractivity contribution in [3.63, 3.8) is 0 Å². The molecule has 2 rings (SSSR count). The van der Waals surface area contributed by atoms with Gasteiger partial charge < -0.3 is 4.74 Å². The fourth-order valence-electron chi connectivity index (χ4n) is 1.66. The molecule has 0 fully saturated rings. The highest BCUT2D eigenvalue weighted by Gasteiger charge is 2.08. The van der Waals surface area contributed by atoms with Gasteiger partial charge in [0.25, 0.3) is 5.91 Å². The summed E-state index contributed by atoms with van der Waals surface area (Å²) in [5.41, 5.74) is 3.48. The maximum Gasteiger partial charge on any atom is 0.271 e. The van der Waals surface area contributed by atoms with E-state index in [9.17, 15) is 4.79 Å². The van der Waals surface area contributed by atoms with E-state index in [1.165, 1.54) is 13.3 Å². The number of hydrogen-bond acceptors (Lipinski definition) is 3. The van der Waals surface area contributed by atoms with E-state index in [0.717, 1.165) is 0 Å². The predicted molar refractivity (Wildman–Crippen MR) is 84.5 cm³/mol. The Hall–Kier alpha value is -2.04. The Morgan fingerprint density at radius 2 is 1.95 bits per heavy atom. The lowest BCUT2D eigenvalue weighted by molar-refractivity contribution is 0.0955. The summed E-state index contributed by atoms with van der Waals surface area (Å²) < 4.78 is 5.18. The second kappa shape index (κ2) is 7.11. The third kappa shape index (κ3) is 3.97. The van der Waals surface area contributed by atoms with Crippen molar-refractivity contribution in [2.75, 3.05) is 7.11 Å². The molecule has 2 aromatic carbocycles. The molecule has 0 saturated heterocycles. The molecule has 0 spiro atoms. The molecular formula is C15H12Cl2N2O2. The van der Waals surface area contributed by atoms with E-state index in [0.29, 0.717) is 26.9 Å². The Kier molecular flexibility index (Phi) is 5.20. The van der Waals surface area contributed by atoms with Crippen LogP contribution in [0.25, 0.3) is 0 Å². The third-order valence-corrected chi connectivity index (χ3v) is 3.20. The van der Waals surface area contributed by atoms with Gasteiger partial charge in [-0.2, -0.15) is 5.10 Å². The van der Waals surface area contributed by atoms with Crippen molar-refractivity contribution in [1.82, 2.24) is 5.43 Å². The van der Waals surface area contributed by atoms with Crippen molar-refractivity contribution in [3.8, 4) is 5.75 Å². The van der Waals surface area contributed by atoms with Crippen LogP contribution >= 0.6 is 23.2 Å². The van der Waals surface area contributed by atoms with Gasteiger partial charge in [-0.1, -0.05) is 41.4 Å². The summed E-state index contributed by atoms with van der Waals surface area (Å²) in [6.07, 6.45) is 1.42. The van der Waals surface area contributed by atoms with Crippen molar-refractivity contribution in [3.05, 3.63) is 63.6 Å². The molecule has 21 heavy (non-hydrogen) atoms. The van der Waals surface area contributed by atoms with Gasteiger partial charge in [0, 0.05) is 10.6 Å². The van der Waals surface area contributed by atoms with E-state index in [4.69, 9.17) is 27.9 Å². The molecule has 4 nitrogen and oxygen atoms in total. The summed E-state index contributed by atoms with van der Waals surface area (Å²) in [6, 6.07) is 12.0. The van der Waals surface area contributed by atoms with Crippen LogP contribution in [0.1, 0.15) is 15.9 Å². The predicted octanol–water partition coefficient (Wildman–Crippen LogP) is 3.77. The normalized spacial score (nSPS) is 10.6. The summed E-state index contributed by atoms with van der Waals surface area (Å²) in [6.45, 7) is 0. The highest BCUT2D eigenvalue weighted by atomic mass is 35.5. The molecule has 0 aliphatic heterocycles. The molecule has 0 aliphatic carbocycles. The molecular weight excluding hydrogens is 311 g/mol. The van der Waals surface area contributed by atoms with E-state index >= 15 is 0 Å². The van der Waals surface area contributed by atoms with Crippen molar-refractivity contribution in [2.45, 2.75) is 0 Å². The van der Waals surface area contributed by atoms with Gasteiger partial charge in [-0.15, -0.1) is 0 Å². The minimum absolute atomic E-state index is 0.309. The van der Waals surface area contributed by atoms with E-state index in [1.54, 1.807) is 36.4 Å². The van der Waals surface area contributed by atoms with Crippen LogP contribution in [-0.2, 0) is 0 Å². The Labute approximate surface area is 132 Å². The van der Waals surface area contributed by atoms with Crippen LogP contribution < -0.4 is 10.2 Å². The van der Waals surface area contributed by atoms with Crippen molar-refractivity contribution < 1.29 is 9.53 Å². The zero-order chi connectivity index (χ0) is 15.2. The summed E-state index contributed by atoms with van der Waals surface area (Å²) in [4.78, 5) is 11.8. The van der Waals surface area contributed by atoms with Gasteiger partial charge in [0.15, 0.2) is 0 Å². The molecule has 1 N–H and O–H groups in total. The average molecular weight is 323 g/mol. The fraction of sp³-hybridized carbons (Fsp3) is 0.0667. The first-order valence-corrected chi connectivity index (χ1v) is 6.79. The number of carbonyl (C=O) groups is 1. The molecule has 0 saturated carbocycles. The SMILES string of the molecule is COc1cc(Cl)cc(Cl)c1C=NNC(=O)c1ccccc1. The summed E-state index contributed by atoms with van der Waals surface area (Å²) in [5.74, 6) is 0.168. The number of carbonyl (C=O) groups excluding carboxylic acids is 1.